The molecular formula is C14H13N3OS. The molecule has 5 heteroatoms. The maximum atomic E-state index is 12.1. The number of nitrogens with one attached hydrogen (secondary N) is 2. The monoisotopic (exact) mass is 271 g/mol. The van der Waals surface area contributed by atoms with E-state index in [4.69, 9.17) is 0 Å². The largest absolute Gasteiger partial charge is 0.361 e. The second-order valence-electron chi connectivity index (χ2n) is 4.23. The second kappa shape index (κ2) is 5.24. The molecule has 2 aromatic heterocycles. The third-order valence-electron chi connectivity index (χ3n) is 2.99. The maximum Gasteiger partial charge on any atom is 0.251 e. The van der Waals surface area contributed by atoms with E-state index in [1.54, 1.807) is 16.8 Å². The number of H-pyrrole nitrogens is 1. The highest BCUT2D eigenvalue weighted by molar-refractivity contribution is 7.07. The van der Waals surface area contributed by atoms with E-state index in [-0.39, 0.29) is 5.91 Å². The van der Waals surface area contributed by atoms with Crippen LogP contribution in [0.15, 0.2) is 41.4 Å². The van der Waals surface area contributed by atoms with Crippen LogP contribution in [-0.4, -0.2) is 22.4 Å². The Morgan fingerprint density at radius 3 is 3.16 bits per heavy atom. The average Bonchev–Trinajstić information content (AvgIpc) is 3.08. The minimum atomic E-state index is -0.0413. The number of benzene rings is 1. The normalized spacial score (nSPS) is 10.7. The van der Waals surface area contributed by atoms with Gasteiger partial charge in [-0.1, -0.05) is 6.07 Å². The summed E-state index contributed by atoms with van der Waals surface area (Å²) >= 11 is 1.57. The maximum absolute atomic E-state index is 12.1. The summed E-state index contributed by atoms with van der Waals surface area (Å²) in [4.78, 5) is 19.4. The lowest BCUT2D eigenvalue weighted by molar-refractivity contribution is 0.0956. The summed E-state index contributed by atoms with van der Waals surface area (Å²) in [5.41, 5.74) is 4.51. The molecule has 96 valence electrons. The van der Waals surface area contributed by atoms with Crippen LogP contribution in [0, 0.1) is 0 Å². The summed E-state index contributed by atoms with van der Waals surface area (Å²) in [6.07, 6.45) is 2.61. The van der Waals surface area contributed by atoms with Crippen molar-refractivity contribution >= 4 is 28.1 Å². The molecule has 2 N–H and O–H groups in total. The first kappa shape index (κ1) is 11.9. The zero-order chi connectivity index (χ0) is 13.1. The zero-order valence-corrected chi connectivity index (χ0v) is 11.0. The molecule has 0 aliphatic carbocycles. The van der Waals surface area contributed by atoms with Gasteiger partial charge in [-0.05, 0) is 18.2 Å². The number of carbonyl (C=O) groups excluding carboxylic acids is 1. The van der Waals surface area contributed by atoms with E-state index >= 15 is 0 Å². The summed E-state index contributed by atoms with van der Waals surface area (Å²) in [6.45, 7) is 0.601. The molecular weight excluding hydrogens is 258 g/mol. The Labute approximate surface area is 114 Å². The third kappa shape index (κ3) is 2.51. The van der Waals surface area contributed by atoms with Gasteiger partial charge in [-0.15, -0.1) is 11.3 Å². The van der Waals surface area contributed by atoms with Gasteiger partial charge in [-0.2, -0.15) is 0 Å². The molecule has 0 spiro atoms. The number of aromatic amines is 1. The standard InChI is InChI=1S/C14H13N3OS/c18-14(16-6-4-10-8-19-9-17-10)12-2-1-3-13-11(12)5-7-15-13/h1-3,5,7-9,15H,4,6H2,(H,16,18). The van der Waals surface area contributed by atoms with Crippen LogP contribution in [0.3, 0.4) is 0 Å². The zero-order valence-electron chi connectivity index (χ0n) is 10.2. The van der Waals surface area contributed by atoms with Gasteiger partial charge in [0.15, 0.2) is 0 Å². The van der Waals surface area contributed by atoms with Gasteiger partial charge in [0.1, 0.15) is 0 Å². The van der Waals surface area contributed by atoms with Crippen LogP contribution in [-0.2, 0) is 6.42 Å². The van der Waals surface area contributed by atoms with Crippen molar-refractivity contribution in [2.75, 3.05) is 6.54 Å². The summed E-state index contributed by atoms with van der Waals surface area (Å²) in [7, 11) is 0. The molecule has 3 aromatic rings. The summed E-state index contributed by atoms with van der Waals surface area (Å²) < 4.78 is 0. The predicted octanol–water partition coefficient (Wildman–Crippen LogP) is 2.60. The predicted molar refractivity (Wildman–Crippen MR) is 76.4 cm³/mol. The van der Waals surface area contributed by atoms with Crippen molar-refractivity contribution < 1.29 is 4.79 Å². The van der Waals surface area contributed by atoms with Crippen molar-refractivity contribution in [3.05, 3.63) is 52.6 Å². The van der Waals surface area contributed by atoms with Gasteiger partial charge in [0.05, 0.1) is 11.2 Å². The van der Waals surface area contributed by atoms with Gasteiger partial charge in [-0.3, -0.25) is 4.79 Å². The van der Waals surface area contributed by atoms with Gasteiger partial charge in [0.2, 0.25) is 0 Å². The molecule has 0 aliphatic rings. The molecule has 3 rings (SSSR count). The number of aromatic nitrogens is 2. The van der Waals surface area contributed by atoms with Crippen LogP contribution in [0.1, 0.15) is 16.1 Å². The molecule has 1 aromatic carbocycles. The number of rotatable bonds is 4. The lowest BCUT2D eigenvalue weighted by Gasteiger charge is -2.05. The molecule has 0 atom stereocenters. The number of thiazole rings is 1. The molecule has 0 bridgehead atoms. The Bertz CT molecular complexity index is 688. The van der Waals surface area contributed by atoms with E-state index in [0.717, 1.165) is 23.0 Å². The second-order valence-corrected chi connectivity index (χ2v) is 4.95. The minimum Gasteiger partial charge on any atom is -0.361 e. The Kier molecular flexibility index (Phi) is 3.29. The molecule has 0 aliphatic heterocycles. The molecule has 1 amide bonds. The summed E-state index contributed by atoms with van der Waals surface area (Å²) in [6, 6.07) is 7.61. The topological polar surface area (TPSA) is 57.8 Å². The lowest BCUT2D eigenvalue weighted by Crippen LogP contribution is -2.25. The molecule has 0 unspecified atom stereocenters. The van der Waals surface area contributed by atoms with Gasteiger partial charge in [-0.25, -0.2) is 4.98 Å². The fourth-order valence-corrected chi connectivity index (χ4v) is 2.64. The first-order chi connectivity index (χ1) is 9.34. The van der Waals surface area contributed by atoms with Crippen molar-refractivity contribution in [3.8, 4) is 0 Å². The summed E-state index contributed by atoms with van der Waals surface area (Å²) in [5.74, 6) is -0.0413. The molecule has 0 fully saturated rings. The molecule has 0 saturated heterocycles. The highest BCUT2D eigenvalue weighted by Gasteiger charge is 2.09. The quantitative estimate of drug-likeness (QED) is 0.766. The first-order valence-corrected chi connectivity index (χ1v) is 7.00. The van der Waals surface area contributed by atoms with Gasteiger partial charge < -0.3 is 10.3 Å². The highest BCUT2D eigenvalue weighted by Crippen LogP contribution is 2.17. The van der Waals surface area contributed by atoms with Crippen molar-refractivity contribution in [1.82, 2.24) is 15.3 Å². The first-order valence-electron chi connectivity index (χ1n) is 6.06. The Morgan fingerprint density at radius 1 is 1.37 bits per heavy atom. The number of carbonyl (C=O) groups is 1. The van der Waals surface area contributed by atoms with Crippen LogP contribution in [0.5, 0.6) is 0 Å². The van der Waals surface area contributed by atoms with E-state index in [1.807, 2.05) is 35.8 Å². The average molecular weight is 271 g/mol. The van der Waals surface area contributed by atoms with Crippen LogP contribution < -0.4 is 5.32 Å². The van der Waals surface area contributed by atoms with Crippen molar-refractivity contribution in [2.24, 2.45) is 0 Å². The van der Waals surface area contributed by atoms with E-state index < -0.39 is 0 Å². The van der Waals surface area contributed by atoms with Gasteiger partial charge in [0.25, 0.3) is 5.91 Å². The van der Waals surface area contributed by atoms with Crippen LogP contribution in [0.2, 0.25) is 0 Å². The highest BCUT2D eigenvalue weighted by atomic mass is 32.1. The number of fused-ring (bicyclic) bond motifs is 1. The van der Waals surface area contributed by atoms with Gasteiger partial charge >= 0.3 is 0 Å². The van der Waals surface area contributed by atoms with Crippen LogP contribution >= 0.6 is 11.3 Å². The molecule has 2 heterocycles. The Morgan fingerprint density at radius 2 is 2.32 bits per heavy atom. The molecule has 19 heavy (non-hydrogen) atoms. The van der Waals surface area contributed by atoms with E-state index in [0.29, 0.717) is 12.1 Å². The summed E-state index contributed by atoms with van der Waals surface area (Å²) in [5, 5.41) is 5.88. The van der Waals surface area contributed by atoms with Crippen LogP contribution in [0.4, 0.5) is 0 Å². The Hall–Kier alpha value is -2.14. The molecule has 0 saturated carbocycles. The number of hydrogen-bond acceptors (Lipinski definition) is 3. The van der Waals surface area contributed by atoms with Crippen molar-refractivity contribution in [1.29, 1.82) is 0 Å². The Balaban J connectivity index is 1.68. The number of nitrogens with zero attached hydrogens (tertiary/aromatic N) is 1. The smallest absolute Gasteiger partial charge is 0.251 e. The number of amides is 1. The van der Waals surface area contributed by atoms with Crippen LogP contribution in [0.25, 0.3) is 10.9 Å². The van der Waals surface area contributed by atoms with E-state index in [1.165, 1.54) is 0 Å². The van der Waals surface area contributed by atoms with E-state index in [9.17, 15) is 4.79 Å². The fraction of sp³-hybridized carbons (Fsp3) is 0.143. The third-order valence-corrected chi connectivity index (χ3v) is 3.63. The van der Waals surface area contributed by atoms with Crippen molar-refractivity contribution in [2.45, 2.75) is 6.42 Å². The minimum absolute atomic E-state index is 0.0413. The molecule has 0 radical (unpaired) electrons. The lowest BCUT2D eigenvalue weighted by atomic mass is 10.1. The number of hydrogen-bond donors (Lipinski definition) is 2. The van der Waals surface area contributed by atoms with Gasteiger partial charge in [0, 0.05) is 41.0 Å². The van der Waals surface area contributed by atoms with Crippen molar-refractivity contribution in [3.63, 3.8) is 0 Å². The van der Waals surface area contributed by atoms with E-state index in [2.05, 4.69) is 15.3 Å². The SMILES string of the molecule is O=C(NCCc1cscn1)c1cccc2[nH]ccc12. The molecule has 4 nitrogen and oxygen atoms in total. The fourth-order valence-electron chi connectivity index (χ4n) is 2.04.